The van der Waals surface area contributed by atoms with Gasteiger partial charge in [0.15, 0.2) is 0 Å². The molecule has 3 rings (SSSR count). The second-order valence-corrected chi connectivity index (χ2v) is 13.1. The normalized spacial score (nSPS) is 16.5. The Labute approximate surface area is 197 Å². The lowest BCUT2D eigenvalue weighted by molar-refractivity contribution is 0.135. The molecule has 2 N–H and O–H groups in total. The fourth-order valence-electron chi connectivity index (χ4n) is 4.70. The molecule has 4 nitrogen and oxygen atoms in total. The summed E-state index contributed by atoms with van der Waals surface area (Å²) in [7, 11) is -4.31. The minimum Gasteiger partial charge on any atom is -0.338 e. The van der Waals surface area contributed by atoms with Crippen LogP contribution in [0.25, 0.3) is 11.3 Å². The number of benzene rings is 1. The molecule has 1 fully saturated rings. The Kier molecular flexibility index (Phi) is 7.17. The predicted molar refractivity (Wildman–Crippen MR) is 130 cm³/mol. The summed E-state index contributed by atoms with van der Waals surface area (Å²) in [5.74, 6) is 0.239. The minimum atomic E-state index is -4.31. The van der Waals surface area contributed by atoms with Crippen molar-refractivity contribution in [2.45, 2.75) is 102 Å². The van der Waals surface area contributed by atoms with Crippen LogP contribution < -0.4 is 5.14 Å². The fourth-order valence-corrected chi connectivity index (χ4v) is 5.46. The molecule has 1 aromatic carbocycles. The van der Waals surface area contributed by atoms with Crippen LogP contribution in [0.15, 0.2) is 29.2 Å². The highest BCUT2D eigenvalue weighted by molar-refractivity contribution is 7.89. The van der Waals surface area contributed by atoms with Crippen LogP contribution >= 0.6 is 0 Å². The van der Waals surface area contributed by atoms with E-state index in [0.717, 1.165) is 48.8 Å². The lowest BCUT2D eigenvalue weighted by Crippen LogP contribution is -2.20. The van der Waals surface area contributed by atoms with Gasteiger partial charge in [-0.1, -0.05) is 66.9 Å². The van der Waals surface area contributed by atoms with E-state index < -0.39 is 27.0 Å². The molecule has 7 heteroatoms. The van der Waals surface area contributed by atoms with Crippen LogP contribution in [0.5, 0.6) is 0 Å². The molecule has 0 radical (unpaired) electrons. The number of alkyl halides is 2. The highest BCUT2D eigenvalue weighted by atomic mass is 32.2. The molecule has 0 aliphatic heterocycles. The monoisotopic (exact) mass is 480 g/mol. The van der Waals surface area contributed by atoms with Crippen molar-refractivity contribution in [2.75, 3.05) is 0 Å². The number of hydrogen-bond donors (Lipinski definition) is 1. The van der Waals surface area contributed by atoms with E-state index in [1.807, 2.05) is 12.1 Å². The number of rotatable bonds is 5. The van der Waals surface area contributed by atoms with Gasteiger partial charge in [0.25, 0.3) is 6.43 Å². The van der Waals surface area contributed by atoms with Gasteiger partial charge in [-0.15, -0.1) is 0 Å². The van der Waals surface area contributed by atoms with Crippen molar-refractivity contribution in [3.8, 4) is 11.3 Å². The number of halogens is 2. The zero-order chi connectivity index (χ0) is 24.8. The first-order valence-electron chi connectivity index (χ1n) is 11.8. The van der Waals surface area contributed by atoms with E-state index in [1.54, 1.807) is 0 Å². The second kappa shape index (κ2) is 9.14. The summed E-state index contributed by atoms with van der Waals surface area (Å²) in [6, 6.07) is 7.52. The van der Waals surface area contributed by atoms with Crippen molar-refractivity contribution in [3.05, 3.63) is 41.1 Å². The van der Waals surface area contributed by atoms with Crippen LogP contribution in [-0.4, -0.2) is 13.0 Å². The van der Waals surface area contributed by atoms with Gasteiger partial charge in [-0.25, -0.2) is 22.3 Å². The molecular formula is C26H38F2N2O2S. The van der Waals surface area contributed by atoms with E-state index in [1.165, 1.54) is 10.6 Å². The van der Waals surface area contributed by atoms with E-state index in [-0.39, 0.29) is 16.7 Å². The van der Waals surface area contributed by atoms with Gasteiger partial charge in [0.1, 0.15) is 10.6 Å². The molecule has 0 saturated heterocycles. The van der Waals surface area contributed by atoms with Gasteiger partial charge in [-0.2, -0.15) is 0 Å². The zero-order valence-electron chi connectivity index (χ0n) is 20.7. The van der Waals surface area contributed by atoms with Gasteiger partial charge in [0.05, 0.1) is 0 Å². The van der Waals surface area contributed by atoms with Crippen molar-refractivity contribution in [2.24, 2.45) is 11.1 Å². The van der Waals surface area contributed by atoms with E-state index >= 15 is 0 Å². The molecule has 1 saturated carbocycles. The van der Waals surface area contributed by atoms with Gasteiger partial charge < -0.3 is 4.57 Å². The predicted octanol–water partition coefficient (Wildman–Crippen LogP) is 6.92. The summed E-state index contributed by atoms with van der Waals surface area (Å²) in [6.07, 6.45) is 2.27. The first-order chi connectivity index (χ1) is 15.1. The van der Waals surface area contributed by atoms with Crippen LogP contribution in [0.3, 0.4) is 0 Å². The van der Waals surface area contributed by atoms with Crippen LogP contribution in [0.4, 0.5) is 8.78 Å². The average Bonchev–Trinajstić information content (AvgIpc) is 3.07. The minimum absolute atomic E-state index is 0.162. The summed E-state index contributed by atoms with van der Waals surface area (Å²) in [6.45, 7) is 13.0. The van der Waals surface area contributed by atoms with Crippen LogP contribution in [0.1, 0.15) is 96.9 Å². The van der Waals surface area contributed by atoms with Crippen molar-refractivity contribution in [3.63, 3.8) is 0 Å². The molecule has 33 heavy (non-hydrogen) atoms. The van der Waals surface area contributed by atoms with Crippen molar-refractivity contribution in [1.82, 2.24) is 4.57 Å². The average molecular weight is 481 g/mol. The molecule has 0 bridgehead atoms. The Morgan fingerprint density at radius 3 is 1.88 bits per heavy atom. The largest absolute Gasteiger partial charge is 0.338 e. The number of sulfonamides is 1. The zero-order valence-corrected chi connectivity index (χ0v) is 21.5. The third-order valence-corrected chi connectivity index (χ3v) is 7.68. The van der Waals surface area contributed by atoms with E-state index in [2.05, 4.69) is 47.6 Å². The van der Waals surface area contributed by atoms with Gasteiger partial charge >= 0.3 is 0 Å². The van der Waals surface area contributed by atoms with Crippen LogP contribution in [0.2, 0.25) is 0 Å². The topological polar surface area (TPSA) is 65.1 Å². The summed E-state index contributed by atoms with van der Waals surface area (Å²) < 4.78 is 54.8. The number of primary sulfonamides is 1. The standard InChI is InChI=1S/C26H38F2N2O2S/c1-25(2,3)19-12-18(13-20(14-19)26(4,5)6)21-15-22(33(29,31)32)23(24(27)28)30(21)16-17-10-8-7-9-11-17/h12-15,17,24H,7-11,16H2,1-6H3,(H2,29,31,32). The van der Waals surface area contributed by atoms with E-state index in [0.29, 0.717) is 12.2 Å². The van der Waals surface area contributed by atoms with Gasteiger partial charge in [-0.05, 0) is 64.5 Å². The summed E-state index contributed by atoms with van der Waals surface area (Å²) >= 11 is 0. The molecule has 0 atom stereocenters. The highest BCUT2D eigenvalue weighted by Crippen LogP contribution is 2.39. The van der Waals surface area contributed by atoms with Crippen molar-refractivity contribution in [1.29, 1.82) is 0 Å². The Hall–Kier alpha value is -1.73. The molecule has 1 aromatic heterocycles. The third-order valence-electron chi connectivity index (χ3n) is 6.74. The lowest BCUT2D eigenvalue weighted by atomic mass is 9.79. The Morgan fingerprint density at radius 2 is 1.45 bits per heavy atom. The number of nitrogens with two attached hydrogens (primary N) is 1. The second-order valence-electron chi connectivity index (χ2n) is 11.5. The quantitative estimate of drug-likeness (QED) is 0.505. The Balaban J connectivity index is 2.31. The first-order valence-corrected chi connectivity index (χ1v) is 13.3. The van der Waals surface area contributed by atoms with Gasteiger partial charge in [0.2, 0.25) is 10.0 Å². The molecule has 184 valence electrons. The smallest absolute Gasteiger partial charge is 0.279 e. The lowest BCUT2D eigenvalue weighted by Gasteiger charge is -2.28. The maximum atomic E-state index is 14.3. The Bertz CT molecular complexity index is 1070. The summed E-state index contributed by atoms with van der Waals surface area (Å²) in [4.78, 5) is -0.471. The molecule has 0 amide bonds. The molecule has 0 unspecified atom stereocenters. The third kappa shape index (κ3) is 5.86. The number of aromatic nitrogens is 1. The molecule has 1 aliphatic carbocycles. The van der Waals surface area contributed by atoms with Crippen molar-refractivity contribution < 1.29 is 17.2 Å². The van der Waals surface area contributed by atoms with Gasteiger partial charge in [0, 0.05) is 12.2 Å². The van der Waals surface area contributed by atoms with Gasteiger partial charge in [-0.3, -0.25) is 0 Å². The summed E-state index contributed by atoms with van der Waals surface area (Å²) in [5.41, 5.74) is 2.58. The maximum Gasteiger partial charge on any atom is 0.279 e. The van der Waals surface area contributed by atoms with E-state index in [4.69, 9.17) is 5.14 Å². The van der Waals surface area contributed by atoms with Crippen LogP contribution in [0, 0.1) is 5.92 Å². The summed E-state index contributed by atoms with van der Waals surface area (Å²) in [5, 5.41) is 5.41. The Morgan fingerprint density at radius 1 is 0.939 bits per heavy atom. The molecular weight excluding hydrogens is 442 g/mol. The molecule has 1 heterocycles. The van der Waals surface area contributed by atoms with E-state index in [9.17, 15) is 17.2 Å². The SMILES string of the molecule is CC(C)(C)c1cc(-c2cc(S(N)(=O)=O)c(C(F)F)n2CC2CCCCC2)cc(C(C)(C)C)c1. The number of nitrogens with zero attached hydrogens (tertiary/aromatic N) is 1. The van der Waals surface area contributed by atoms with Crippen LogP contribution in [-0.2, 0) is 27.4 Å². The molecule has 0 spiro atoms. The fraction of sp³-hybridized carbons (Fsp3) is 0.615. The molecule has 2 aromatic rings. The molecule has 1 aliphatic rings. The maximum absolute atomic E-state index is 14.3. The number of hydrogen-bond acceptors (Lipinski definition) is 2. The first kappa shape index (κ1) is 25.9. The highest BCUT2D eigenvalue weighted by Gasteiger charge is 2.31. The van der Waals surface area contributed by atoms with Crippen molar-refractivity contribution >= 4 is 10.0 Å².